The van der Waals surface area contributed by atoms with Crippen LogP contribution in [0.25, 0.3) is 0 Å². The first-order valence-corrected chi connectivity index (χ1v) is 12.6. The number of nitrogens with zero attached hydrogens (tertiary/aromatic N) is 4. The smallest absolute Gasteiger partial charge is 0.409 e. The van der Waals surface area contributed by atoms with Crippen molar-refractivity contribution in [1.29, 1.82) is 0 Å². The van der Waals surface area contributed by atoms with Gasteiger partial charge in [-0.15, -0.1) is 23.1 Å². The van der Waals surface area contributed by atoms with Crippen molar-refractivity contribution in [1.82, 2.24) is 14.8 Å². The van der Waals surface area contributed by atoms with E-state index in [-0.39, 0.29) is 29.7 Å². The summed E-state index contributed by atoms with van der Waals surface area (Å²) in [4.78, 5) is 46.6. The van der Waals surface area contributed by atoms with Crippen LogP contribution >= 0.6 is 34.7 Å². The van der Waals surface area contributed by atoms with E-state index in [4.69, 9.17) is 16.3 Å². The molecule has 0 saturated carbocycles. The summed E-state index contributed by atoms with van der Waals surface area (Å²) < 4.78 is 5.80. The second-order valence-electron chi connectivity index (χ2n) is 8.39. The third-order valence-electron chi connectivity index (χ3n) is 6.04. The first-order chi connectivity index (χ1) is 15.7. The second kappa shape index (κ2) is 9.52. The van der Waals surface area contributed by atoms with E-state index in [1.165, 1.54) is 30.2 Å². The van der Waals surface area contributed by atoms with E-state index >= 15 is 0 Å². The fourth-order valence-electron chi connectivity index (χ4n) is 4.30. The Kier molecular flexibility index (Phi) is 6.88. The lowest BCUT2D eigenvalue weighted by molar-refractivity contribution is -0.125. The minimum atomic E-state index is -0.361. The van der Waals surface area contributed by atoms with Crippen LogP contribution in [-0.4, -0.2) is 79.3 Å². The Hall–Kier alpha value is -2.30. The maximum atomic E-state index is 13.3. The maximum absolute atomic E-state index is 13.3. The molecule has 0 aliphatic carbocycles. The minimum Gasteiger partial charge on any atom is -0.453 e. The van der Waals surface area contributed by atoms with Crippen LogP contribution < -0.4 is 4.90 Å². The molecule has 2 aliphatic heterocycles. The van der Waals surface area contributed by atoms with Gasteiger partial charge in [-0.05, 0) is 30.2 Å². The number of likely N-dealkylation sites (tertiary alicyclic amines) is 1. The van der Waals surface area contributed by atoms with Crippen LogP contribution in [0, 0.1) is 0 Å². The number of aromatic nitrogens is 1. The monoisotopic (exact) mass is 508 g/mol. The Morgan fingerprint density at radius 3 is 2.82 bits per heavy atom. The Bertz CT molecular complexity index is 1090. The normalized spacial score (nSPS) is 19.2. The van der Waals surface area contributed by atoms with Crippen molar-refractivity contribution in [3.05, 3.63) is 40.0 Å². The second-order valence-corrected chi connectivity index (χ2v) is 11.2. The molecule has 1 saturated heterocycles. The number of anilines is 1. The molecule has 1 aromatic carbocycles. The number of rotatable bonds is 5. The van der Waals surface area contributed by atoms with Crippen LogP contribution in [0.1, 0.15) is 17.0 Å². The Morgan fingerprint density at radius 2 is 2.09 bits per heavy atom. The summed E-state index contributed by atoms with van der Waals surface area (Å²) in [6, 6.07) is 5.57. The fraction of sp³-hybridized carbons (Fsp3) is 0.455. The van der Waals surface area contributed by atoms with E-state index in [1.54, 1.807) is 41.1 Å². The van der Waals surface area contributed by atoms with Crippen molar-refractivity contribution in [2.75, 3.05) is 51.5 Å². The van der Waals surface area contributed by atoms with Gasteiger partial charge in [0.15, 0.2) is 0 Å². The average molecular weight is 509 g/mol. The van der Waals surface area contributed by atoms with Crippen molar-refractivity contribution in [3.8, 4) is 0 Å². The molecule has 3 amide bonds. The predicted molar refractivity (Wildman–Crippen MR) is 129 cm³/mol. The van der Waals surface area contributed by atoms with Crippen molar-refractivity contribution < 1.29 is 19.1 Å². The molecule has 4 rings (SSSR count). The predicted octanol–water partition coefficient (Wildman–Crippen LogP) is 3.28. The molecule has 11 heteroatoms. The molecular weight excluding hydrogens is 484 g/mol. The molecule has 2 aliphatic rings. The number of halogens is 1. The summed E-state index contributed by atoms with van der Waals surface area (Å²) in [5, 5.41) is 1.31. The molecule has 0 radical (unpaired) electrons. The quantitative estimate of drug-likeness (QED) is 0.576. The average Bonchev–Trinajstić information content (AvgIpc) is 3.50. The summed E-state index contributed by atoms with van der Waals surface area (Å²) in [5.74, 6) is 0.311. The largest absolute Gasteiger partial charge is 0.453 e. The molecule has 0 bridgehead atoms. The van der Waals surface area contributed by atoms with Gasteiger partial charge in [-0.25, -0.2) is 9.78 Å². The number of carbonyl (C=O) groups is 3. The Morgan fingerprint density at radius 1 is 1.30 bits per heavy atom. The number of carbonyl (C=O) groups excluding carboxylic acids is 3. The van der Waals surface area contributed by atoms with Gasteiger partial charge in [0.05, 0.1) is 29.7 Å². The molecule has 176 valence electrons. The molecule has 2 aromatic rings. The molecule has 8 nitrogen and oxygen atoms in total. The van der Waals surface area contributed by atoms with Gasteiger partial charge in [0, 0.05) is 49.9 Å². The Labute approximate surface area is 205 Å². The van der Waals surface area contributed by atoms with Crippen LogP contribution in [0.15, 0.2) is 28.6 Å². The minimum absolute atomic E-state index is 0.0289. The number of hydrogen-bond acceptors (Lipinski definition) is 7. The van der Waals surface area contributed by atoms with Crippen molar-refractivity contribution in [3.63, 3.8) is 0 Å². The van der Waals surface area contributed by atoms with E-state index in [0.29, 0.717) is 35.4 Å². The van der Waals surface area contributed by atoms with Crippen molar-refractivity contribution in [2.24, 2.45) is 0 Å². The number of amides is 3. The molecule has 1 fully saturated rings. The highest BCUT2D eigenvalue weighted by Gasteiger charge is 2.50. The summed E-state index contributed by atoms with van der Waals surface area (Å²) in [6.07, 6.45) is 2.26. The summed E-state index contributed by atoms with van der Waals surface area (Å²) in [5.41, 5.74) is 1.46. The highest BCUT2D eigenvalue weighted by atomic mass is 35.5. The standard InChI is InChI=1S/C22H25ClN4O4S2/c1-25(2)19(29)11-32-20-10-24-17(33-20)9-18(28)27-13-22(6-7-26(12-22)21(30)31-3)15-8-14(23)4-5-16(15)27/h4-5,8,10H,6-7,9,11-13H2,1-3H3. The number of ether oxygens (including phenoxy) is 1. The lowest BCUT2D eigenvalue weighted by atomic mass is 9.81. The number of methoxy groups -OCH3 is 1. The van der Waals surface area contributed by atoms with Gasteiger partial charge in [0.2, 0.25) is 11.8 Å². The molecule has 0 N–H and O–H groups in total. The van der Waals surface area contributed by atoms with Crippen LogP contribution in [0.5, 0.6) is 0 Å². The van der Waals surface area contributed by atoms with E-state index in [9.17, 15) is 14.4 Å². The maximum Gasteiger partial charge on any atom is 0.409 e. The Balaban J connectivity index is 1.49. The summed E-state index contributed by atoms with van der Waals surface area (Å²) in [7, 11) is 4.82. The van der Waals surface area contributed by atoms with Gasteiger partial charge in [0.25, 0.3) is 0 Å². The van der Waals surface area contributed by atoms with Gasteiger partial charge >= 0.3 is 6.09 Å². The van der Waals surface area contributed by atoms with E-state index in [1.807, 2.05) is 12.1 Å². The SMILES string of the molecule is COC(=O)N1CCC2(C1)CN(C(=O)Cc1ncc(SCC(=O)N(C)C)s1)c1ccc(Cl)cc12. The summed E-state index contributed by atoms with van der Waals surface area (Å²) >= 11 is 9.15. The molecule has 1 aromatic heterocycles. The lowest BCUT2D eigenvalue weighted by Crippen LogP contribution is -2.40. The highest BCUT2D eigenvalue weighted by Crippen LogP contribution is 2.47. The van der Waals surface area contributed by atoms with E-state index < -0.39 is 0 Å². The zero-order valence-corrected chi connectivity index (χ0v) is 21.1. The van der Waals surface area contributed by atoms with Gasteiger partial charge < -0.3 is 19.4 Å². The first kappa shape index (κ1) is 23.8. The number of hydrogen-bond donors (Lipinski definition) is 0. The zero-order valence-electron chi connectivity index (χ0n) is 18.7. The zero-order chi connectivity index (χ0) is 23.8. The first-order valence-electron chi connectivity index (χ1n) is 10.4. The van der Waals surface area contributed by atoms with Crippen LogP contribution in [0.2, 0.25) is 5.02 Å². The third-order valence-corrected chi connectivity index (χ3v) is 8.45. The highest BCUT2D eigenvalue weighted by molar-refractivity contribution is 8.01. The molecule has 1 spiro atoms. The van der Waals surface area contributed by atoms with Gasteiger partial charge in [-0.2, -0.15) is 0 Å². The fourth-order valence-corrected chi connectivity index (χ4v) is 6.46. The number of thiazole rings is 1. The number of benzene rings is 1. The van der Waals surface area contributed by atoms with Crippen LogP contribution in [0.4, 0.5) is 10.5 Å². The molecule has 3 heterocycles. The molecular formula is C22H25ClN4O4S2. The molecule has 33 heavy (non-hydrogen) atoms. The summed E-state index contributed by atoms with van der Waals surface area (Å²) in [6.45, 7) is 1.54. The van der Waals surface area contributed by atoms with Gasteiger partial charge in [-0.3, -0.25) is 9.59 Å². The third kappa shape index (κ3) is 4.83. The van der Waals surface area contributed by atoms with Crippen molar-refractivity contribution in [2.45, 2.75) is 22.5 Å². The molecule has 1 unspecified atom stereocenters. The van der Waals surface area contributed by atoms with Crippen molar-refractivity contribution >= 4 is 58.3 Å². The van der Waals surface area contributed by atoms with Gasteiger partial charge in [0.1, 0.15) is 5.01 Å². The van der Waals surface area contributed by atoms with Crippen LogP contribution in [0.3, 0.4) is 0 Å². The lowest BCUT2D eigenvalue weighted by Gasteiger charge is -2.25. The number of fused-ring (bicyclic) bond motifs is 2. The molecule has 1 atom stereocenters. The van der Waals surface area contributed by atoms with E-state index in [2.05, 4.69) is 4.98 Å². The topological polar surface area (TPSA) is 83.0 Å². The van der Waals surface area contributed by atoms with Gasteiger partial charge in [-0.1, -0.05) is 11.6 Å². The number of thioether (sulfide) groups is 1. The van der Waals surface area contributed by atoms with E-state index in [0.717, 1.165) is 21.9 Å². The van der Waals surface area contributed by atoms with Crippen LogP contribution in [-0.2, 0) is 26.2 Å².